The van der Waals surface area contributed by atoms with E-state index in [1.165, 1.54) is 0 Å². The van der Waals surface area contributed by atoms with Crippen LogP contribution in [-0.4, -0.2) is 34.4 Å². The maximum atomic E-state index is 12.8. The Labute approximate surface area is 154 Å². The van der Waals surface area contributed by atoms with Gasteiger partial charge >= 0.3 is 0 Å². The van der Waals surface area contributed by atoms with E-state index in [4.69, 9.17) is 0 Å². The van der Waals surface area contributed by atoms with Gasteiger partial charge in [-0.1, -0.05) is 13.0 Å². The van der Waals surface area contributed by atoms with Gasteiger partial charge < -0.3 is 14.8 Å². The van der Waals surface area contributed by atoms with Crippen LogP contribution in [0.1, 0.15) is 42.6 Å². The zero-order valence-electron chi connectivity index (χ0n) is 15.1. The van der Waals surface area contributed by atoms with Crippen LogP contribution < -0.4 is 5.32 Å². The molecule has 136 valence electrons. The Morgan fingerprint density at radius 2 is 1.77 bits per heavy atom. The molecule has 5 nitrogen and oxygen atoms in total. The van der Waals surface area contributed by atoms with Gasteiger partial charge in [0.2, 0.25) is 5.91 Å². The summed E-state index contributed by atoms with van der Waals surface area (Å²) in [6.07, 6.45) is 7.08. The first kappa shape index (κ1) is 16.9. The monoisotopic (exact) mass is 351 g/mol. The van der Waals surface area contributed by atoms with Crippen LogP contribution in [-0.2, 0) is 4.79 Å². The molecule has 5 heteroatoms. The number of hydrogen-bond donors (Lipinski definition) is 1. The molecule has 0 bridgehead atoms. The molecule has 1 N–H and O–H groups in total. The maximum Gasteiger partial charge on any atom is 0.253 e. The molecule has 1 saturated heterocycles. The minimum absolute atomic E-state index is 0.0480. The van der Waals surface area contributed by atoms with Crippen molar-refractivity contribution in [2.75, 3.05) is 18.4 Å². The Balaban J connectivity index is 1.37. The summed E-state index contributed by atoms with van der Waals surface area (Å²) in [5, 5.41) is 2.95. The molecule has 1 aromatic carbocycles. The molecule has 1 aliphatic carbocycles. The van der Waals surface area contributed by atoms with E-state index in [2.05, 4.69) is 29.2 Å². The van der Waals surface area contributed by atoms with Gasteiger partial charge in [0.15, 0.2) is 0 Å². The predicted octanol–water partition coefficient (Wildman–Crippen LogP) is 3.56. The lowest BCUT2D eigenvalue weighted by molar-refractivity contribution is -0.117. The first-order valence-corrected chi connectivity index (χ1v) is 9.44. The highest BCUT2D eigenvalue weighted by molar-refractivity contribution is 5.98. The third kappa shape index (κ3) is 3.52. The molecule has 2 unspecified atom stereocenters. The van der Waals surface area contributed by atoms with Gasteiger partial charge in [-0.2, -0.15) is 0 Å². The highest BCUT2D eigenvalue weighted by Crippen LogP contribution is 2.38. The van der Waals surface area contributed by atoms with Gasteiger partial charge in [-0.3, -0.25) is 9.59 Å². The Morgan fingerprint density at radius 1 is 1.08 bits per heavy atom. The second kappa shape index (κ2) is 6.98. The van der Waals surface area contributed by atoms with Crippen molar-refractivity contribution in [3.05, 3.63) is 54.4 Å². The maximum absolute atomic E-state index is 12.8. The van der Waals surface area contributed by atoms with Crippen molar-refractivity contribution in [2.45, 2.75) is 32.2 Å². The van der Waals surface area contributed by atoms with Crippen LogP contribution in [0.5, 0.6) is 0 Å². The van der Waals surface area contributed by atoms with E-state index in [9.17, 15) is 9.59 Å². The number of likely N-dealkylation sites (tertiary alicyclic amines) is 1. The number of nitrogens with one attached hydrogen (secondary N) is 1. The van der Waals surface area contributed by atoms with Crippen LogP contribution in [0.3, 0.4) is 0 Å². The molecule has 4 rings (SSSR count). The molecule has 26 heavy (non-hydrogen) atoms. The van der Waals surface area contributed by atoms with E-state index < -0.39 is 0 Å². The molecular weight excluding hydrogens is 326 g/mol. The molecular formula is C21H25N3O2. The van der Waals surface area contributed by atoms with Gasteiger partial charge in [-0.15, -0.1) is 0 Å². The molecule has 2 fully saturated rings. The highest BCUT2D eigenvalue weighted by atomic mass is 16.2. The zero-order chi connectivity index (χ0) is 18.1. The number of amides is 2. The Morgan fingerprint density at radius 3 is 2.42 bits per heavy atom. The molecule has 0 spiro atoms. The summed E-state index contributed by atoms with van der Waals surface area (Å²) in [6, 6.07) is 11.9. The lowest BCUT2D eigenvalue weighted by Gasteiger charge is -2.33. The second-order valence-corrected chi connectivity index (χ2v) is 7.54. The van der Waals surface area contributed by atoms with Crippen molar-refractivity contribution >= 4 is 17.5 Å². The molecule has 2 amide bonds. The van der Waals surface area contributed by atoms with Crippen molar-refractivity contribution in [1.29, 1.82) is 0 Å². The van der Waals surface area contributed by atoms with Crippen LogP contribution in [0.2, 0.25) is 0 Å². The number of benzene rings is 1. The van der Waals surface area contributed by atoms with Crippen LogP contribution in [0.4, 0.5) is 5.69 Å². The molecule has 2 aromatic rings. The van der Waals surface area contributed by atoms with Crippen LogP contribution >= 0.6 is 0 Å². The molecule has 2 heterocycles. The lowest BCUT2D eigenvalue weighted by atomic mass is 10.0. The fourth-order valence-electron chi connectivity index (χ4n) is 3.79. The molecule has 2 aliphatic rings. The summed E-state index contributed by atoms with van der Waals surface area (Å²) in [5.74, 6) is 0.713. The summed E-state index contributed by atoms with van der Waals surface area (Å²) in [7, 11) is 0. The van der Waals surface area contributed by atoms with Crippen LogP contribution in [0.15, 0.2) is 48.8 Å². The van der Waals surface area contributed by atoms with Crippen LogP contribution in [0, 0.1) is 11.8 Å². The number of aromatic nitrogens is 1. The van der Waals surface area contributed by atoms with Crippen LogP contribution in [0.25, 0.3) is 0 Å². The van der Waals surface area contributed by atoms with E-state index in [0.29, 0.717) is 23.2 Å². The molecule has 1 aliphatic heterocycles. The number of piperidine rings is 1. The van der Waals surface area contributed by atoms with Crippen molar-refractivity contribution in [3.63, 3.8) is 0 Å². The average Bonchev–Trinajstić information content (AvgIpc) is 3.17. The average molecular weight is 351 g/mol. The minimum atomic E-state index is 0.0480. The fraction of sp³-hybridized carbons (Fsp3) is 0.429. The van der Waals surface area contributed by atoms with Gasteiger partial charge in [0.25, 0.3) is 5.91 Å². The second-order valence-electron chi connectivity index (χ2n) is 7.54. The standard InChI is InChI=1S/C21H25N3O2/c1-15-13-19(15)20(25)22-17-6-4-5-16(14-17)21(26)24-11-7-18(8-12-24)23-9-2-3-10-23/h2-6,9-10,14-15,18-19H,7-8,11-13H2,1H3,(H,22,25). The Hall–Kier alpha value is -2.56. The zero-order valence-corrected chi connectivity index (χ0v) is 15.1. The lowest BCUT2D eigenvalue weighted by Crippen LogP contribution is -2.38. The molecule has 0 radical (unpaired) electrons. The molecule has 2 atom stereocenters. The summed E-state index contributed by atoms with van der Waals surface area (Å²) in [4.78, 5) is 26.9. The van der Waals surface area contributed by atoms with E-state index >= 15 is 0 Å². The number of carbonyl (C=O) groups is 2. The first-order valence-electron chi connectivity index (χ1n) is 9.44. The number of nitrogens with zero attached hydrogens (tertiary/aromatic N) is 2. The van der Waals surface area contributed by atoms with E-state index in [0.717, 1.165) is 32.4 Å². The number of hydrogen-bond acceptors (Lipinski definition) is 2. The van der Waals surface area contributed by atoms with Gasteiger partial charge in [-0.25, -0.2) is 0 Å². The number of anilines is 1. The highest BCUT2D eigenvalue weighted by Gasteiger charge is 2.39. The Bertz CT molecular complexity index is 791. The summed E-state index contributed by atoms with van der Waals surface area (Å²) >= 11 is 0. The third-order valence-electron chi connectivity index (χ3n) is 5.62. The largest absolute Gasteiger partial charge is 0.351 e. The van der Waals surface area contributed by atoms with Crippen molar-refractivity contribution in [2.24, 2.45) is 11.8 Å². The van der Waals surface area contributed by atoms with Gasteiger partial charge in [0, 0.05) is 48.7 Å². The molecule has 1 saturated carbocycles. The molecule has 1 aromatic heterocycles. The smallest absolute Gasteiger partial charge is 0.253 e. The predicted molar refractivity (Wildman–Crippen MR) is 101 cm³/mol. The topological polar surface area (TPSA) is 54.3 Å². The fourth-order valence-corrected chi connectivity index (χ4v) is 3.79. The van der Waals surface area contributed by atoms with E-state index in [-0.39, 0.29) is 17.7 Å². The summed E-state index contributed by atoms with van der Waals surface area (Å²) < 4.78 is 2.23. The Kier molecular flexibility index (Phi) is 4.53. The number of carbonyl (C=O) groups excluding carboxylic acids is 2. The summed E-state index contributed by atoms with van der Waals surface area (Å²) in [6.45, 7) is 3.61. The third-order valence-corrected chi connectivity index (χ3v) is 5.62. The van der Waals surface area contributed by atoms with E-state index in [1.54, 1.807) is 6.07 Å². The number of rotatable bonds is 4. The normalized spacial score (nSPS) is 22.9. The summed E-state index contributed by atoms with van der Waals surface area (Å²) in [5.41, 5.74) is 1.35. The van der Waals surface area contributed by atoms with Gasteiger partial charge in [-0.05, 0) is 55.5 Å². The SMILES string of the molecule is CC1CC1C(=O)Nc1cccc(C(=O)N2CCC(n3cccc3)CC2)c1. The minimum Gasteiger partial charge on any atom is -0.351 e. The van der Waals surface area contributed by atoms with Crippen molar-refractivity contribution in [3.8, 4) is 0 Å². The quantitative estimate of drug-likeness (QED) is 0.916. The van der Waals surface area contributed by atoms with Crippen molar-refractivity contribution < 1.29 is 9.59 Å². The van der Waals surface area contributed by atoms with Gasteiger partial charge in [0.1, 0.15) is 0 Å². The van der Waals surface area contributed by atoms with E-state index in [1.807, 2.05) is 35.2 Å². The van der Waals surface area contributed by atoms with Crippen molar-refractivity contribution in [1.82, 2.24) is 9.47 Å². The van der Waals surface area contributed by atoms with Gasteiger partial charge in [0.05, 0.1) is 0 Å². The first-order chi connectivity index (χ1) is 12.6.